The van der Waals surface area contributed by atoms with E-state index in [2.05, 4.69) is 32.4 Å². The molecule has 2 aromatic rings. The van der Waals surface area contributed by atoms with Gasteiger partial charge in [0.25, 0.3) is 0 Å². The van der Waals surface area contributed by atoms with E-state index in [1.54, 1.807) is 24.3 Å². The van der Waals surface area contributed by atoms with Crippen LogP contribution in [-0.4, -0.2) is 35.9 Å². The van der Waals surface area contributed by atoms with E-state index in [0.717, 1.165) is 37.7 Å². The molecule has 8 heteroatoms. The molecule has 8 nitrogen and oxygen atoms in total. The van der Waals surface area contributed by atoms with Gasteiger partial charge >= 0.3 is 6.03 Å². The molecule has 0 radical (unpaired) electrons. The quantitative estimate of drug-likeness (QED) is 0.880. The first-order chi connectivity index (χ1) is 12.7. The molecule has 0 atom stereocenters. The van der Waals surface area contributed by atoms with Gasteiger partial charge in [-0.1, -0.05) is 6.92 Å². The number of benzene rings is 1. The zero-order valence-electron chi connectivity index (χ0n) is 14.6. The van der Waals surface area contributed by atoms with E-state index < -0.39 is 0 Å². The highest BCUT2D eigenvalue weighted by Gasteiger charge is 2.18. The second kappa shape index (κ2) is 7.07. The molecule has 1 aromatic carbocycles. The molecule has 0 aliphatic carbocycles. The molecule has 0 unspecified atom stereocenters. The zero-order chi connectivity index (χ0) is 17.9. The van der Waals surface area contributed by atoms with Crippen LogP contribution >= 0.6 is 0 Å². The third kappa shape index (κ3) is 3.63. The predicted molar refractivity (Wildman–Crippen MR) is 97.8 cm³/mol. The summed E-state index contributed by atoms with van der Waals surface area (Å²) >= 11 is 0. The molecule has 4 rings (SSSR count). The number of nitrogens with zero attached hydrogens (tertiary/aromatic N) is 3. The van der Waals surface area contributed by atoms with Crippen LogP contribution in [0.3, 0.4) is 0 Å². The minimum Gasteiger partial charge on any atom is -0.454 e. The topological polar surface area (TPSA) is 88.6 Å². The van der Waals surface area contributed by atoms with Crippen LogP contribution in [0.25, 0.3) is 0 Å². The van der Waals surface area contributed by atoms with Crippen LogP contribution < -0.4 is 25.0 Å². The van der Waals surface area contributed by atoms with Gasteiger partial charge < -0.3 is 19.7 Å². The number of hydrogen-bond acceptors (Lipinski definition) is 6. The van der Waals surface area contributed by atoms with Gasteiger partial charge in [0.05, 0.1) is 0 Å². The summed E-state index contributed by atoms with van der Waals surface area (Å²) in [7, 11) is 0. The molecule has 2 aliphatic heterocycles. The summed E-state index contributed by atoms with van der Waals surface area (Å²) in [6, 6.07) is 6.67. The summed E-state index contributed by atoms with van der Waals surface area (Å²) in [6.07, 6.45) is 3.78. The summed E-state index contributed by atoms with van der Waals surface area (Å²) in [5.41, 5.74) is 0.617. The van der Waals surface area contributed by atoms with Crippen LogP contribution in [0.2, 0.25) is 0 Å². The molecule has 1 saturated heterocycles. The minimum absolute atomic E-state index is 0.198. The van der Waals surface area contributed by atoms with Crippen molar-refractivity contribution in [1.82, 2.24) is 9.97 Å². The number of hydrogen-bond donors (Lipinski definition) is 2. The summed E-state index contributed by atoms with van der Waals surface area (Å²) in [4.78, 5) is 22.9. The average molecular weight is 355 g/mol. The van der Waals surface area contributed by atoms with Crippen LogP contribution in [-0.2, 0) is 0 Å². The monoisotopic (exact) mass is 355 g/mol. The van der Waals surface area contributed by atoms with Crippen molar-refractivity contribution in [2.75, 3.05) is 35.4 Å². The van der Waals surface area contributed by atoms with Crippen molar-refractivity contribution in [3.63, 3.8) is 0 Å². The Kier molecular flexibility index (Phi) is 4.47. The Bertz CT molecular complexity index is 805. The fraction of sp³-hybridized carbons (Fsp3) is 0.389. The summed E-state index contributed by atoms with van der Waals surface area (Å²) < 4.78 is 10.6. The normalized spacial score (nSPS) is 16.4. The largest absolute Gasteiger partial charge is 0.454 e. The number of amides is 2. The second-order valence-corrected chi connectivity index (χ2v) is 6.58. The molecule has 1 fully saturated rings. The fourth-order valence-corrected chi connectivity index (χ4v) is 3.08. The average Bonchev–Trinajstić information content (AvgIpc) is 3.10. The first-order valence-electron chi connectivity index (χ1n) is 8.72. The third-order valence-electron chi connectivity index (χ3n) is 4.63. The van der Waals surface area contributed by atoms with Crippen molar-refractivity contribution in [2.45, 2.75) is 19.8 Å². The third-order valence-corrected chi connectivity index (χ3v) is 4.63. The van der Waals surface area contributed by atoms with Crippen LogP contribution in [0.1, 0.15) is 19.8 Å². The smallest absolute Gasteiger partial charge is 0.324 e. The summed E-state index contributed by atoms with van der Waals surface area (Å²) in [6.45, 7) is 4.41. The summed E-state index contributed by atoms with van der Waals surface area (Å²) in [5.74, 6) is 3.34. The first kappa shape index (κ1) is 16.4. The Morgan fingerprint density at radius 3 is 2.77 bits per heavy atom. The molecular weight excluding hydrogens is 334 g/mol. The maximum atomic E-state index is 12.2. The molecule has 26 heavy (non-hydrogen) atoms. The molecule has 0 bridgehead atoms. The van der Waals surface area contributed by atoms with Crippen molar-refractivity contribution >= 4 is 23.4 Å². The van der Waals surface area contributed by atoms with E-state index >= 15 is 0 Å². The highest BCUT2D eigenvalue weighted by atomic mass is 16.7. The maximum Gasteiger partial charge on any atom is 0.324 e. The molecule has 2 amide bonds. The molecule has 0 spiro atoms. The SMILES string of the molecule is CC1CCN(c2cc(NC(=O)Nc3ccc4c(c3)OCO4)ncn2)CC1. The van der Waals surface area contributed by atoms with Gasteiger partial charge in [-0.05, 0) is 30.9 Å². The number of anilines is 3. The van der Waals surface area contributed by atoms with E-state index in [1.807, 2.05) is 0 Å². The van der Waals surface area contributed by atoms with Crippen LogP contribution in [0.5, 0.6) is 11.5 Å². The maximum absolute atomic E-state index is 12.2. The standard InChI is InChI=1S/C18H21N5O3/c1-12-4-6-23(7-5-12)17-9-16(19-10-20-17)22-18(24)21-13-2-3-14-15(8-13)26-11-25-14/h2-3,8-10,12H,4-7,11H2,1H3,(H2,19,20,21,22,24). The molecule has 136 valence electrons. The lowest BCUT2D eigenvalue weighted by Gasteiger charge is -2.31. The van der Waals surface area contributed by atoms with Crippen molar-refractivity contribution in [3.05, 3.63) is 30.6 Å². The Labute approximate surface area is 151 Å². The molecule has 3 heterocycles. The van der Waals surface area contributed by atoms with Gasteiger partial charge in [-0.3, -0.25) is 5.32 Å². The van der Waals surface area contributed by atoms with Crippen LogP contribution in [0.4, 0.5) is 22.1 Å². The number of carbonyl (C=O) groups is 1. The number of carbonyl (C=O) groups excluding carboxylic acids is 1. The van der Waals surface area contributed by atoms with Crippen molar-refractivity contribution in [1.29, 1.82) is 0 Å². The van der Waals surface area contributed by atoms with Crippen LogP contribution in [0, 0.1) is 5.92 Å². The first-order valence-corrected chi connectivity index (χ1v) is 8.72. The fourth-order valence-electron chi connectivity index (χ4n) is 3.08. The Morgan fingerprint density at radius 2 is 1.92 bits per heavy atom. The second-order valence-electron chi connectivity index (χ2n) is 6.58. The highest BCUT2D eigenvalue weighted by Crippen LogP contribution is 2.34. The van der Waals surface area contributed by atoms with Gasteiger partial charge in [0, 0.05) is 30.9 Å². The van der Waals surface area contributed by atoms with Gasteiger partial charge in [0.2, 0.25) is 6.79 Å². The van der Waals surface area contributed by atoms with E-state index in [1.165, 1.54) is 6.33 Å². The van der Waals surface area contributed by atoms with E-state index in [4.69, 9.17) is 9.47 Å². The summed E-state index contributed by atoms with van der Waals surface area (Å²) in [5, 5.41) is 5.51. The molecule has 1 aromatic heterocycles. The number of piperidine rings is 1. The van der Waals surface area contributed by atoms with E-state index in [0.29, 0.717) is 23.0 Å². The van der Waals surface area contributed by atoms with E-state index in [9.17, 15) is 4.79 Å². The number of aromatic nitrogens is 2. The van der Waals surface area contributed by atoms with Gasteiger partial charge in [-0.15, -0.1) is 0 Å². The molecule has 2 N–H and O–H groups in total. The number of ether oxygens (including phenoxy) is 2. The Balaban J connectivity index is 1.39. The number of fused-ring (bicyclic) bond motifs is 1. The lowest BCUT2D eigenvalue weighted by Crippen LogP contribution is -2.33. The van der Waals surface area contributed by atoms with Gasteiger partial charge in [0.1, 0.15) is 18.0 Å². The van der Waals surface area contributed by atoms with E-state index in [-0.39, 0.29) is 12.8 Å². The van der Waals surface area contributed by atoms with Crippen LogP contribution in [0.15, 0.2) is 30.6 Å². The van der Waals surface area contributed by atoms with Gasteiger partial charge in [-0.2, -0.15) is 0 Å². The lowest BCUT2D eigenvalue weighted by molar-refractivity contribution is 0.174. The number of nitrogens with one attached hydrogen (secondary N) is 2. The minimum atomic E-state index is -0.374. The lowest BCUT2D eigenvalue weighted by atomic mass is 9.99. The molecule has 2 aliphatic rings. The predicted octanol–water partition coefficient (Wildman–Crippen LogP) is 3.09. The molecule has 0 saturated carbocycles. The van der Waals surface area contributed by atoms with Crippen molar-refractivity contribution in [2.24, 2.45) is 5.92 Å². The Hall–Kier alpha value is -3.03. The van der Waals surface area contributed by atoms with Gasteiger partial charge in [-0.25, -0.2) is 14.8 Å². The van der Waals surface area contributed by atoms with Crippen molar-refractivity contribution < 1.29 is 14.3 Å². The van der Waals surface area contributed by atoms with Gasteiger partial charge in [0.15, 0.2) is 11.5 Å². The number of urea groups is 1. The van der Waals surface area contributed by atoms with Crippen molar-refractivity contribution in [3.8, 4) is 11.5 Å². The Morgan fingerprint density at radius 1 is 1.12 bits per heavy atom. The zero-order valence-corrected chi connectivity index (χ0v) is 14.6. The number of rotatable bonds is 3. The molecular formula is C18H21N5O3. The highest BCUT2D eigenvalue weighted by molar-refractivity contribution is 5.99.